The van der Waals surface area contributed by atoms with E-state index in [1.807, 2.05) is 0 Å². The summed E-state index contributed by atoms with van der Waals surface area (Å²) in [7, 11) is 0. The van der Waals surface area contributed by atoms with Crippen molar-refractivity contribution in [1.29, 1.82) is 0 Å². The van der Waals surface area contributed by atoms with E-state index in [1.165, 1.54) is 0 Å². The van der Waals surface area contributed by atoms with Crippen LogP contribution >= 0.6 is 0 Å². The van der Waals surface area contributed by atoms with Gasteiger partial charge >= 0.3 is 5.69 Å². The number of primary amides is 1. The fraction of sp³-hybridized carbons (Fsp3) is 0.273. The van der Waals surface area contributed by atoms with E-state index in [1.54, 1.807) is 18.2 Å². The Morgan fingerprint density at radius 3 is 2.78 bits per heavy atom. The Morgan fingerprint density at radius 1 is 1.33 bits per heavy atom. The maximum Gasteiger partial charge on any atom is 0.323 e. The van der Waals surface area contributed by atoms with Crippen molar-refractivity contribution >= 4 is 16.9 Å². The first-order valence-electron chi connectivity index (χ1n) is 5.40. The molecule has 1 aromatic carbocycles. The van der Waals surface area contributed by atoms with Crippen molar-refractivity contribution in [2.45, 2.75) is 6.04 Å². The molecule has 0 aliphatic heterocycles. The summed E-state index contributed by atoms with van der Waals surface area (Å²) >= 11 is 0. The summed E-state index contributed by atoms with van der Waals surface area (Å²) in [4.78, 5) is 26.9. The van der Waals surface area contributed by atoms with E-state index in [0.29, 0.717) is 11.0 Å². The Kier molecular flexibility index (Phi) is 3.45. The molecule has 1 unspecified atom stereocenters. The third-order valence-electron chi connectivity index (χ3n) is 2.51. The van der Waals surface area contributed by atoms with Crippen LogP contribution in [0.3, 0.4) is 0 Å². The molecule has 2 rings (SSSR count). The molecule has 6 N–H and O–H groups in total. The highest BCUT2D eigenvalue weighted by atomic mass is 16.5. The lowest BCUT2D eigenvalue weighted by atomic mass is 10.1. The van der Waals surface area contributed by atoms with Crippen LogP contribution in [0.25, 0.3) is 11.0 Å². The van der Waals surface area contributed by atoms with Gasteiger partial charge in [-0.3, -0.25) is 4.79 Å². The molecule has 0 aliphatic rings. The molecule has 1 amide bonds. The largest absolute Gasteiger partial charge is 0.370 e. The zero-order valence-electron chi connectivity index (χ0n) is 9.60. The van der Waals surface area contributed by atoms with Gasteiger partial charge in [-0.25, -0.2) is 4.79 Å². The summed E-state index contributed by atoms with van der Waals surface area (Å²) in [5.41, 5.74) is 12.8. The third kappa shape index (κ3) is 2.76. The molecule has 2 aromatic rings. The lowest BCUT2D eigenvalue weighted by molar-refractivity contribution is -0.122. The molecular formula is C11H14N4O3. The van der Waals surface area contributed by atoms with Crippen LogP contribution in [0.1, 0.15) is 11.6 Å². The number of H-pyrrole nitrogens is 2. The van der Waals surface area contributed by atoms with Crippen molar-refractivity contribution in [3.8, 4) is 0 Å². The van der Waals surface area contributed by atoms with Gasteiger partial charge in [0, 0.05) is 0 Å². The fourth-order valence-corrected chi connectivity index (χ4v) is 1.66. The maximum absolute atomic E-state index is 11.1. The SMILES string of the molecule is NC(=O)COCC(N)c1ccc2[nH]c(=O)[nH]c2c1. The number of fused-ring (bicyclic) bond motifs is 1. The fourth-order valence-electron chi connectivity index (χ4n) is 1.66. The molecule has 0 fully saturated rings. The minimum absolute atomic E-state index is 0.156. The number of hydrogen-bond donors (Lipinski definition) is 4. The number of amides is 1. The number of carbonyl (C=O) groups is 1. The van der Waals surface area contributed by atoms with Crippen molar-refractivity contribution < 1.29 is 9.53 Å². The first-order valence-corrected chi connectivity index (χ1v) is 5.40. The van der Waals surface area contributed by atoms with Gasteiger partial charge in [0.05, 0.1) is 23.7 Å². The number of aromatic amines is 2. The second kappa shape index (κ2) is 5.03. The van der Waals surface area contributed by atoms with E-state index < -0.39 is 5.91 Å². The molecule has 7 nitrogen and oxygen atoms in total. The Hall–Kier alpha value is -2.12. The highest BCUT2D eigenvalue weighted by Gasteiger charge is 2.08. The summed E-state index contributed by atoms with van der Waals surface area (Å²) in [6.45, 7) is 0.0278. The predicted molar refractivity (Wildman–Crippen MR) is 65.9 cm³/mol. The van der Waals surface area contributed by atoms with Crippen molar-refractivity contribution in [2.24, 2.45) is 11.5 Å². The zero-order chi connectivity index (χ0) is 13.1. The number of carbonyl (C=O) groups excluding carboxylic acids is 1. The van der Waals surface area contributed by atoms with Crippen LogP contribution in [0, 0.1) is 0 Å². The van der Waals surface area contributed by atoms with E-state index in [9.17, 15) is 9.59 Å². The van der Waals surface area contributed by atoms with Gasteiger partial charge in [-0.1, -0.05) is 6.07 Å². The lowest BCUT2D eigenvalue weighted by Crippen LogP contribution is -2.23. The second-order valence-corrected chi connectivity index (χ2v) is 3.97. The molecule has 0 radical (unpaired) electrons. The van der Waals surface area contributed by atoms with Gasteiger partial charge in [0.25, 0.3) is 0 Å². The number of rotatable bonds is 5. The predicted octanol–water partition coefficient (Wildman–Crippen LogP) is -0.642. The van der Waals surface area contributed by atoms with E-state index in [0.717, 1.165) is 5.56 Å². The summed E-state index contributed by atoms with van der Waals surface area (Å²) in [6, 6.07) is 4.94. The van der Waals surface area contributed by atoms with Crippen LogP contribution in [-0.4, -0.2) is 29.1 Å². The molecule has 18 heavy (non-hydrogen) atoms. The Labute approximate surface area is 102 Å². The van der Waals surface area contributed by atoms with Gasteiger partial charge in [0.15, 0.2) is 0 Å². The van der Waals surface area contributed by atoms with Crippen molar-refractivity contribution in [2.75, 3.05) is 13.2 Å². The molecule has 0 saturated carbocycles. The number of hydrogen-bond acceptors (Lipinski definition) is 4. The highest BCUT2D eigenvalue weighted by Crippen LogP contribution is 2.15. The molecule has 0 aliphatic carbocycles. The molecular weight excluding hydrogens is 236 g/mol. The van der Waals surface area contributed by atoms with Gasteiger partial charge in [-0.2, -0.15) is 0 Å². The highest BCUT2D eigenvalue weighted by molar-refractivity contribution is 5.75. The van der Waals surface area contributed by atoms with Gasteiger partial charge in [0.1, 0.15) is 6.61 Å². The number of nitrogens with two attached hydrogens (primary N) is 2. The van der Waals surface area contributed by atoms with Crippen LogP contribution in [0.5, 0.6) is 0 Å². The molecule has 96 valence electrons. The topological polar surface area (TPSA) is 127 Å². The number of nitrogens with one attached hydrogen (secondary N) is 2. The average Bonchev–Trinajstić information content (AvgIpc) is 2.67. The van der Waals surface area contributed by atoms with E-state index in [-0.39, 0.29) is 24.9 Å². The van der Waals surface area contributed by atoms with Gasteiger partial charge in [0.2, 0.25) is 5.91 Å². The van der Waals surface area contributed by atoms with E-state index in [2.05, 4.69) is 9.97 Å². The van der Waals surface area contributed by atoms with E-state index in [4.69, 9.17) is 16.2 Å². The van der Waals surface area contributed by atoms with Crippen LogP contribution in [0.15, 0.2) is 23.0 Å². The normalized spacial score (nSPS) is 12.7. The maximum atomic E-state index is 11.1. The van der Waals surface area contributed by atoms with Gasteiger partial charge < -0.3 is 26.2 Å². The molecule has 7 heteroatoms. The van der Waals surface area contributed by atoms with Crippen LogP contribution < -0.4 is 17.2 Å². The quantitative estimate of drug-likeness (QED) is 0.562. The number of ether oxygens (including phenoxy) is 1. The Morgan fingerprint density at radius 2 is 2.06 bits per heavy atom. The summed E-state index contributed by atoms with van der Waals surface area (Å²) in [5, 5.41) is 0. The second-order valence-electron chi connectivity index (χ2n) is 3.97. The molecule has 0 saturated heterocycles. The molecule has 0 spiro atoms. The first-order chi connectivity index (χ1) is 8.56. The molecule has 0 bridgehead atoms. The third-order valence-corrected chi connectivity index (χ3v) is 2.51. The van der Waals surface area contributed by atoms with Crippen LogP contribution in [-0.2, 0) is 9.53 Å². The Bertz CT molecular complexity index is 616. The van der Waals surface area contributed by atoms with Crippen molar-refractivity contribution in [3.05, 3.63) is 34.2 Å². The van der Waals surface area contributed by atoms with Gasteiger partial charge in [-0.15, -0.1) is 0 Å². The van der Waals surface area contributed by atoms with Crippen LogP contribution in [0.2, 0.25) is 0 Å². The average molecular weight is 250 g/mol. The summed E-state index contributed by atoms with van der Waals surface area (Å²) < 4.78 is 5.05. The monoisotopic (exact) mass is 250 g/mol. The molecule has 1 aromatic heterocycles. The zero-order valence-corrected chi connectivity index (χ0v) is 9.60. The first kappa shape index (κ1) is 12.3. The van der Waals surface area contributed by atoms with Crippen LogP contribution in [0.4, 0.5) is 0 Å². The lowest BCUT2D eigenvalue weighted by Gasteiger charge is -2.11. The minimum Gasteiger partial charge on any atom is -0.370 e. The Balaban J connectivity index is 2.09. The summed E-state index contributed by atoms with van der Waals surface area (Å²) in [6.07, 6.45) is 0. The number of imidazole rings is 1. The molecule has 1 heterocycles. The summed E-state index contributed by atoms with van der Waals surface area (Å²) in [5.74, 6) is -0.535. The number of aromatic nitrogens is 2. The number of benzene rings is 1. The van der Waals surface area contributed by atoms with Crippen molar-refractivity contribution in [3.63, 3.8) is 0 Å². The smallest absolute Gasteiger partial charge is 0.323 e. The van der Waals surface area contributed by atoms with Gasteiger partial charge in [-0.05, 0) is 17.7 Å². The minimum atomic E-state index is -0.535. The van der Waals surface area contributed by atoms with E-state index >= 15 is 0 Å². The molecule has 1 atom stereocenters. The standard InChI is InChI=1S/C11H14N4O3/c12-7(4-18-5-10(13)16)6-1-2-8-9(3-6)15-11(17)14-8/h1-3,7H,4-5,12H2,(H2,13,16)(H2,14,15,17). The van der Waals surface area contributed by atoms with Crippen molar-refractivity contribution in [1.82, 2.24) is 9.97 Å².